The Morgan fingerprint density at radius 3 is 2.40 bits per heavy atom. The van der Waals surface area contributed by atoms with Crippen LogP contribution in [0.2, 0.25) is 10.0 Å². The van der Waals surface area contributed by atoms with Crippen LogP contribution in [0.4, 0.5) is 13.2 Å². The first-order valence-electron chi connectivity index (χ1n) is 12.8. The SMILES string of the molecule is Cc1nc(-c2ccc(C(F)(F)F)cc2)sc1C(CCc1ccc(OC(C)(C)C(=O)O)c(Cl)c1Cl)OCc1cccnc1. The van der Waals surface area contributed by atoms with E-state index in [2.05, 4.69) is 9.97 Å². The lowest BCUT2D eigenvalue weighted by molar-refractivity contribution is -0.152. The lowest BCUT2D eigenvalue weighted by Gasteiger charge is -2.23. The summed E-state index contributed by atoms with van der Waals surface area (Å²) in [5.74, 6) is -0.996. The Hall–Kier alpha value is -3.18. The highest BCUT2D eigenvalue weighted by molar-refractivity contribution is 7.15. The van der Waals surface area contributed by atoms with Crippen molar-refractivity contribution in [2.45, 2.75) is 58.1 Å². The molecule has 0 amide bonds. The summed E-state index contributed by atoms with van der Waals surface area (Å²) in [6.45, 7) is 4.93. The molecular formula is C30H27Cl2F3N2O4S. The molecule has 0 saturated heterocycles. The predicted octanol–water partition coefficient (Wildman–Crippen LogP) is 8.97. The Morgan fingerprint density at radius 1 is 1.07 bits per heavy atom. The summed E-state index contributed by atoms with van der Waals surface area (Å²) in [6.07, 6.45) is -0.547. The topological polar surface area (TPSA) is 81.5 Å². The van der Waals surface area contributed by atoms with Gasteiger partial charge in [-0.3, -0.25) is 4.98 Å². The van der Waals surface area contributed by atoms with Crippen molar-refractivity contribution in [1.29, 1.82) is 0 Å². The number of pyridine rings is 1. The van der Waals surface area contributed by atoms with Gasteiger partial charge in [0.05, 0.1) is 33.9 Å². The number of aryl methyl sites for hydroxylation is 2. The van der Waals surface area contributed by atoms with Gasteiger partial charge in [0.1, 0.15) is 15.8 Å². The van der Waals surface area contributed by atoms with Crippen molar-refractivity contribution >= 4 is 40.5 Å². The molecule has 0 spiro atoms. The largest absolute Gasteiger partial charge is 0.478 e. The van der Waals surface area contributed by atoms with Crippen LogP contribution < -0.4 is 4.74 Å². The van der Waals surface area contributed by atoms with Crippen LogP contribution in [0.5, 0.6) is 5.75 Å². The third-order valence-electron chi connectivity index (χ3n) is 6.44. The van der Waals surface area contributed by atoms with Gasteiger partial charge in [0.15, 0.2) is 5.60 Å². The van der Waals surface area contributed by atoms with Crippen molar-refractivity contribution in [3.8, 4) is 16.3 Å². The molecular weight excluding hydrogens is 612 g/mol. The molecule has 1 N–H and O–H groups in total. The Balaban J connectivity index is 1.58. The van der Waals surface area contributed by atoms with Gasteiger partial charge in [-0.25, -0.2) is 9.78 Å². The molecule has 0 aliphatic carbocycles. The number of alkyl halides is 3. The first kappa shape index (κ1) is 31.7. The molecule has 0 saturated carbocycles. The van der Waals surface area contributed by atoms with Crippen LogP contribution >= 0.6 is 34.5 Å². The molecule has 2 heterocycles. The van der Waals surface area contributed by atoms with Crippen LogP contribution in [0.3, 0.4) is 0 Å². The Kier molecular flexibility index (Phi) is 9.82. The molecule has 4 rings (SSSR count). The highest BCUT2D eigenvalue weighted by Gasteiger charge is 2.32. The maximum absolute atomic E-state index is 13.0. The molecule has 0 aliphatic heterocycles. The van der Waals surface area contributed by atoms with E-state index in [4.69, 9.17) is 32.7 Å². The van der Waals surface area contributed by atoms with Crippen LogP contribution in [-0.2, 0) is 28.7 Å². The van der Waals surface area contributed by atoms with Crippen LogP contribution in [0.1, 0.15) is 53.6 Å². The van der Waals surface area contributed by atoms with Gasteiger partial charge in [-0.05, 0) is 69.0 Å². The van der Waals surface area contributed by atoms with Crippen molar-refractivity contribution in [1.82, 2.24) is 9.97 Å². The van der Waals surface area contributed by atoms with Crippen LogP contribution in [-0.4, -0.2) is 26.6 Å². The minimum Gasteiger partial charge on any atom is -0.478 e. The summed E-state index contributed by atoms with van der Waals surface area (Å²) in [4.78, 5) is 21.1. The fraction of sp³-hybridized carbons (Fsp3) is 0.300. The van der Waals surface area contributed by atoms with Crippen molar-refractivity contribution in [3.05, 3.63) is 98.2 Å². The van der Waals surface area contributed by atoms with Gasteiger partial charge in [-0.1, -0.05) is 47.5 Å². The maximum Gasteiger partial charge on any atom is 0.416 e. The van der Waals surface area contributed by atoms with Crippen molar-refractivity contribution < 1.29 is 32.5 Å². The second kappa shape index (κ2) is 13.0. The van der Waals surface area contributed by atoms with E-state index in [9.17, 15) is 23.1 Å². The zero-order chi connectivity index (χ0) is 30.7. The first-order chi connectivity index (χ1) is 19.8. The van der Waals surface area contributed by atoms with E-state index >= 15 is 0 Å². The number of rotatable bonds is 11. The number of halogens is 5. The van der Waals surface area contributed by atoms with E-state index in [-0.39, 0.29) is 22.4 Å². The first-order valence-corrected chi connectivity index (χ1v) is 14.4. The summed E-state index contributed by atoms with van der Waals surface area (Å²) in [7, 11) is 0. The summed E-state index contributed by atoms with van der Waals surface area (Å²) >= 11 is 14.4. The van der Waals surface area contributed by atoms with Gasteiger partial charge in [-0.15, -0.1) is 11.3 Å². The molecule has 6 nitrogen and oxygen atoms in total. The minimum atomic E-state index is -4.42. The second-order valence-corrected chi connectivity index (χ2v) is 11.8. The van der Waals surface area contributed by atoms with E-state index in [0.29, 0.717) is 34.7 Å². The number of benzene rings is 2. The molecule has 0 aliphatic rings. The van der Waals surface area contributed by atoms with Gasteiger partial charge >= 0.3 is 12.1 Å². The molecule has 0 radical (unpaired) electrons. The van der Waals surface area contributed by atoms with Crippen molar-refractivity contribution in [3.63, 3.8) is 0 Å². The van der Waals surface area contributed by atoms with Gasteiger partial charge < -0.3 is 14.6 Å². The minimum absolute atomic E-state index is 0.106. The number of nitrogens with zero attached hydrogens (tertiary/aromatic N) is 2. The Morgan fingerprint density at radius 2 is 1.79 bits per heavy atom. The van der Waals surface area contributed by atoms with Gasteiger partial charge in [-0.2, -0.15) is 13.2 Å². The van der Waals surface area contributed by atoms with Gasteiger partial charge in [0.2, 0.25) is 0 Å². The number of carboxylic acid groups (broad SMARTS) is 1. The molecule has 0 fully saturated rings. The lowest BCUT2D eigenvalue weighted by atomic mass is 10.0. The van der Waals surface area contributed by atoms with Crippen LogP contribution in [0, 0.1) is 6.92 Å². The quantitative estimate of drug-likeness (QED) is 0.177. The van der Waals surface area contributed by atoms with Gasteiger partial charge in [0.25, 0.3) is 0 Å². The average molecular weight is 640 g/mol. The predicted molar refractivity (Wildman–Crippen MR) is 156 cm³/mol. The molecule has 4 aromatic rings. The number of aliphatic carboxylic acids is 1. The lowest BCUT2D eigenvalue weighted by Crippen LogP contribution is -2.38. The molecule has 1 unspecified atom stereocenters. The molecule has 1 atom stereocenters. The molecule has 42 heavy (non-hydrogen) atoms. The van der Waals surface area contributed by atoms with Gasteiger partial charge in [0, 0.05) is 18.0 Å². The zero-order valence-corrected chi connectivity index (χ0v) is 25.2. The normalized spacial score (nSPS) is 12.8. The zero-order valence-electron chi connectivity index (χ0n) is 22.8. The summed E-state index contributed by atoms with van der Waals surface area (Å²) in [6, 6.07) is 11.9. The monoisotopic (exact) mass is 638 g/mol. The summed E-state index contributed by atoms with van der Waals surface area (Å²) < 4.78 is 51.0. The fourth-order valence-corrected chi connectivity index (χ4v) is 5.68. The number of carbonyl (C=O) groups is 1. The second-order valence-electron chi connectivity index (χ2n) is 10.0. The molecule has 12 heteroatoms. The summed E-state index contributed by atoms with van der Waals surface area (Å²) in [5, 5.41) is 10.3. The van der Waals surface area contributed by atoms with Crippen LogP contribution in [0.15, 0.2) is 60.9 Å². The number of hydrogen-bond donors (Lipinski definition) is 1. The fourth-order valence-electron chi connectivity index (χ4n) is 4.05. The highest BCUT2D eigenvalue weighted by Crippen LogP contribution is 2.40. The maximum atomic E-state index is 13.0. The number of hydrogen-bond acceptors (Lipinski definition) is 6. The van der Waals surface area contributed by atoms with E-state index in [1.807, 2.05) is 19.1 Å². The third-order valence-corrected chi connectivity index (χ3v) is 8.64. The van der Waals surface area contributed by atoms with E-state index in [0.717, 1.165) is 22.6 Å². The van der Waals surface area contributed by atoms with Crippen LogP contribution in [0.25, 0.3) is 10.6 Å². The average Bonchev–Trinajstić information content (AvgIpc) is 3.33. The van der Waals surface area contributed by atoms with E-state index in [1.54, 1.807) is 24.5 Å². The molecule has 2 aromatic carbocycles. The van der Waals surface area contributed by atoms with E-state index < -0.39 is 29.4 Å². The Bertz CT molecular complexity index is 1540. The summed E-state index contributed by atoms with van der Waals surface area (Å²) in [5.41, 5.74) is 0.626. The van der Waals surface area contributed by atoms with Crippen molar-refractivity contribution in [2.75, 3.05) is 0 Å². The van der Waals surface area contributed by atoms with E-state index in [1.165, 1.54) is 37.3 Å². The standard InChI is InChI=1S/C30H27Cl2F3N2O4S/c1-17-26(42-27(37-17)20-6-10-21(11-7-20)30(33,34)35)23(40-16-18-5-4-14-36-15-18)13-9-19-8-12-22(25(32)24(19)31)41-29(2,3)28(38)39/h4-8,10-12,14-15,23H,9,13,16H2,1-3H3,(H,38,39). The molecule has 2 aromatic heterocycles. The number of carboxylic acids is 1. The molecule has 0 bridgehead atoms. The highest BCUT2D eigenvalue weighted by atomic mass is 35.5. The third kappa shape index (κ3) is 7.60. The number of thiazole rings is 1. The number of aromatic nitrogens is 2. The smallest absolute Gasteiger partial charge is 0.416 e. The molecule has 222 valence electrons. The Labute approximate surface area is 255 Å². The number of ether oxygens (including phenoxy) is 2. The van der Waals surface area contributed by atoms with Crippen molar-refractivity contribution in [2.24, 2.45) is 0 Å².